The molecule has 0 radical (unpaired) electrons. The third-order valence-electron chi connectivity index (χ3n) is 7.96. The molecule has 0 saturated carbocycles. The summed E-state index contributed by atoms with van der Waals surface area (Å²) in [4.78, 5) is 45.2. The summed E-state index contributed by atoms with van der Waals surface area (Å²) in [6, 6.07) is -0.296. The molecule has 0 aromatic rings. The number of likely N-dealkylation sites (N-methyl/N-ethyl adjacent to an activating group) is 1. The summed E-state index contributed by atoms with van der Waals surface area (Å²) in [5.41, 5.74) is 0.570. The smallest absolute Gasteiger partial charge is 0.435 e. The second kappa shape index (κ2) is 10.6. The van der Waals surface area contributed by atoms with Gasteiger partial charge in [0.25, 0.3) is 0 Å². The van der Waals surface area contributed by atoms with E-state index in [1.807, 2.05) is 31.9 Å². The van der Waals surface area contributed by atoms with E-state index < -0.39 is 32.6 Å². The van der Waals surface area contributed by atoms with Crippen molar-refractivity contribution in [3.63, 3.8) is 0 Å². The summed E-state index contributed by atoms with van der Waals surface area (Å²) in [5.74, 6) is -1.06. The maximum absolute atomic E-state index is 13.5. The first-order chi connectivity index (χ1) is 17.1. The van der Waals surface area contributed by atoms with Crippen molar-refractivity contribution < 1.29 is 28.7 Å². The Labute approximate surface area is 221 Å². The maximum Gasteiger partial charge on any atom is 0.435 e. The molecule has 0 aromatic carbocycles. The van der Waals surface area contributed by atoms with E-state index in [1.54, 1.807) is 0 Å². The number of carboxylic acids is 1. The molecule has 0 unspecified atom stereocenters. The molecule has 3 rings (SSSR count). The van der Waals surface area contributed by atoms with Crippen molar-refractivity contribution in [3.05, 3.63) is 35.6 Å². The monoisotopic (exact) mass is 531 g/mol. The second-order valence-electron chi connectivity index (χ2n) is 11.6. The number of hydrogen-bond acceptors (Lipinski definition) is 5. The van der Waals surface area contributed by atoms with E-state index >= 15 is 0 Å². The standard InChI is InChI=1S/C27H41N3O6Si/c1-10-13-35-25(34)28-20-12-11-17(29(20)7)14-16(2)18-15-19-21(23(31)30(19)22(18)24(32)33)27(6,26(3,4)5)36-37(8)9/h10,14,17,19,21,37H,1,11-13,15H2,2-9H3,(H,32,33)/b16-14+,28-20-/t17-,19+,21+,27+/m0/s1. The Morgan fingerprint density at radius 2 is 1.92 bits per heavy atom. The van der Waals surface area contributed by atoms with Crippen LogP contribution in [-0.2, 0) is 18.8 Å². The lowest BCUT2D eigenvalue weighted by molar-refractivity contribution is -0.180. The molecule has 2 saturated heterocycles. The number of ether oxygens (including phenoxy) is 1. The van der Waals surface area contributed by atoms with Gasteiger partial charge in [0.1, 0.15) is 18.1 Å². The van der Waals surface area contributed by atoms with E-state index in [4.69, 9.17) is 9.16 Å². The number of fused-ring (bicyclic) bond motifs is 1. The van der Waals surface area contributed by atoms with Crippen molar-refractivity contribution in [2.45, 2.75) is 84.7 Å². The van der Waals surface area contributed by atoms with Crippen LogP contribution >= 0.6 is 0 Å². The predicted molar refractivity (Wildman–Crippen MR) is 145 cm³/mol. The van der Waals surface area contributed by atoms with Gasteiger partial charge in [-0.2, -0.15) is 4.99 Å². The first-order valence-corrected chi connectivity index (χ1v) is 15.7. The molecule has 0 bridgehead atoms. The van der Waals surface area contributed by atoms with Gasteiger partial charge >= 0.3 is 12.1 Å². The van der Waals surface area contributed by atoms with Crippen molar-refractivity contribution in [2.24, 2.45) is 16.3 Å². The van der Waals surface area contributed by atoms with Crippen molar-refractivity contribution in [1.82, 2.24) is 9.80 Å². The lowest BCUT2D eigenvalue weighted by atomic mass is 9.63. The third-order valence-corrected chi connectivity index (χ3v) is 8.92. The zero-order chi connectivity index (χ0) is 27.9. The van der Waals surface area contributed by atoms with Crippen molar-refractivity contribution >= 4 is 32.8 Å². The van der Waals surface area contributed by atoms with Crippen LogP contribution in [-0.4, -0.2) is 79.1 Å². The molecule has 10 heteroatoms. The lowest BCUT2D eigenvalue weighted by Gasteiger charge is -2.57. The molecule has 9 nitrogen and oxygen atoms in total. The summed E-state index contributed by atoms with van der Waals surface area (Å²) in [5, 5.41) is 10.1. The summed E-state index contributed by atoms with van der Waals surface area (Å²) in [6.07, 6.45) is 4.66. The highest BCUT2D eigenvalue weighted by Gasteiger charge is 2.64. The molecule has 3 aliphatic heterocycles. The number of hydrogen-bond donors (Lipinski definition) is 1. The van der Waals surface area contributed by atoms with Gasteiger partial charge in [-0.3, -0.25) is 4.79 Å². The van der Waals surface area contributed by atoms with Crippen LogP contribution in [0.4, 0.5) is 4.79 Å². The topological polar surface area (TPSA) is 109 Å². The van der Waals surface area contributed by atoms with Gasteiger partial charge in [-0.1, -0.05) is 39.5 Å². The van der Waals surface area contributed by atoms with Gasteiger partial charge in [0.2, 0.25) is 5.91 Å². The fourth-order valence-corrected chi connectivity index (χ4v) is 7.17. The summed E-state index contributed by atoms with van der Waals surface area (Å²) >= 11 is 0. The molecule has 2 amide bonds. The number of carbonyl (C=O) groups is 3. The van der Waals surface area contributed by atoms with E-state index in [0.29, 0.717) is 24.3 Å². The number of β-lactam (4-membered cyclic amide) rings is 1. The summed E-state index contributed by atoms with van der Waals surface area (Å²) < 4.78 is 11.5. The lowest BCUT2D eigenvalue weighted by Crippen LogP contribution is -2.70. The number of amides is 2. The first kappa shape index (κ1) is 28.8. The van der Waals surface area contributed by atoms with Crippen LogP contribution in [0.2, 0.25) is 13.1 Å². The Hall–Kier alpha value is -2.72. The molecule has 0 aromatic heterocycles. The number of allylic oxidation sites excluding steroid dienone is 1. The summed E-state index contributed by atoms with van der Waals surface area (Å²) in [6.45, 7) is 17.9. The van der Waals surface area contributed by atoms with Gasteiger partial charge in [0.05, 0.1) is 17.6 Å². The molecule has 204 valence electrons. The van der Waals surface area contributed by atoms with Gasteiger partial charge in [0.15, 0.2) is 9.04 Å². The molecule has 0 spiro atoms. The Bertz CT molecular complexity index is 1070. The Morgan fingerprint density at radius 3 is 2.46 bits per heavy atom. The maximum atomic E-state index is 13.5. The molecule has 0 aliphatic carbocycles. The summed E-state index contributed by atoms with van der Waals surface area (Å²) in [7, 11) is 0.372. The van der Waals surface area contributed by atoms with Gasteiger partial charge in [-0.15, -0.1) is 0 Å². The Balaban J connectivity index is 1.87. The number of carboxylic acid groups (broad SMARTS) is 1. The van der Waals surface area contributed by atoms with Crippen LogP contribution in [0, 0.1) is 11.3 Å². The highest BCUT2D eigenvalue weighted by Crippen LogP contribution is 2.53. The largest absolute Gasteiger partial charge is 0.477 e. The number of rotatable bonds is 8. The Morgan fingerprint density at radius 1 is 1.27 bits per heavy atom. The molecular weight excluding hydrogens is 490 g/mol. The third kappa shape index (κ3) is 5.31. The SMILES string of the molecule is C=CCOC(=O)/N=C1/CC[C@@H](/C=C(\C)C2=C(C(=O)O)N3C(=O)[C@H]([C@@](C)(O[SiH](C)C)C(C)(C)C)[C@H]3C2)N1C. The molecule has 3 heterocycles. The van der Waals surface area contributed by atoms with Crippen LogP contribution in [0.5, 0.6) is 0 Å². The number of likely N-dealkylation sites (tertiary alicyclic amines) is 1. The average molecular weight is 532 g/mol. The van der Waals surface area contributed by atoms with E-state index in [1.165, 1.54) is 11.0 Å². The number of carbonyl (C=O) groups excluding carboxylic acids is 2. The zero-order valence-electron chi connectivity index (χ0n) is 23.3. The van der Waals surface area contributed by atoms with Gasteiger partial charge in [-0.05, 0) is 56.3 Å². The molecule has 37 heavy (non-hydrogen) atoms. The molecule has 2 fully saturated rings. The minimum Gasteiger partial charge on any atom is -0.477 e. The highest BCUT2D eigenvalue weighted by atomic mass is 28.3. The minimum absolute atomic E-state index is 0.0524. The van der Waals surface area contributed by atoms with Crippen molar-refractivity contribution in [3.8, 4) is 0 Å². The number of amidine groups is 1. The fraction of sp³-hybridized carbons (Fsp3) is 0.630. The van der Waals surface area contributed by atoms with Gasteiger partial charge in [-0.25, -0.2) is 9.59 Å². The first-order valence-electron chi connectivity index (χ1n) is 12.9. The fourth-order valence-electron chi connectivity index (χ4n) is 5.70. The van der Waals surface area contributed by atoms with Gasteiger partial charge in [0, 0.05) is 19.5 Å². The number of nitrogens with zero attached hydrogens (tertiary/aromatic N) is 3. The van der Waals surface area contributed by atoms with Crippen molar-refractivity contribution in [2.75, 3.05) is 13.7 Å². The average Bonchev–Trinajstić information content (AvgIpc) is 3.29. The van der Waals surface area contributed by atoms with E-state index in [2.05, 4.69) is 45.4 Å². The quantitative estimate of drug-likeness (QED) is 0.285. The van der Waals surface area contributed by atoms with Crippen LogP contribution in [0.3, 0.4) is 0 Å². The second-order valence-corrected chi connectivity index (χ2v) is 13.9. The van der Waals surface area contributed by atoms with Crippen LogP contribution in [0.1, 0.15) is 53.9 Å². The van der Waals surface area contributed by atoms with Gasteiger partial charge < -0.3 is 24.1 Å². The van der Waals surface area contributed by atoms with Crippen LogP contribution in [0.15, 0.2) is 40.6 Å². The normalized spacial score (nSPS) is 26.9. The molecule has 4 atom stereocenters. The Kier molecular flexibility index (Phi) is 8.24. The van der Waals surface area contributed by atoms with E-state index in [9.17, 15) is 19.5 Å². The molecule has 3 aliphatic rings. The number of aliphatic carboxylic acids is 1. The zero-order valence-corrected chi connectivity index (χ0v) is 24.5. The predicted octanol–water partition coefficient (Wildman–Crippen LogP) is 4.12. The van der Waals surface area contributed by atoms with Crippen LogP contribution < -0.4 is 0 Å². The van der Waals surface area contributed by atoms with E-state index in [-0.39, 0.29) is 35.7 Å². The highest BCUT2D eigenvalue weighted by molar-refractivity contribution is 6.48. The van der Waals surface area contributed by atoms with E-state index in [0.717, 1.165) is 12.0 Å². The molecular formula is C27H41N3O6Si. The molecule has 1 N–H and O–H groups in total. The number of aliphatic imine (C=N–C) groups is 1. The van der Waals surface area contributed by atoms with Crippen molar-refractivity contribution in [1.29, 1.82) is 0 Å². The minimum atomic E-state index is -1.49. The van der Waals surface area contributed by atoms with Crippen LogP contribution in [0.25, 0.3) is 0 Å².